The molecule has 0 aliphatic rings. The number of non-ortho nitro benzene ring substituents is 1. The summed E-state index contributed by atoms with van der Waals surface area (Å²) in [7, 11) is 1.30. The minimum Gasteiger partial charge on any atom is -0.469 e. The summed E-state index contributed by atoms with van der Waals surface area (Å²) in [6, 6.07) is 4.20. The molecule has 1 atom stereocenters. The topological polar surface area (TPSA) is 97.1 Å². The van der Waals surface area contributed by atoms with Crippen LogP contribution in [0.25, 0.3) is 0 Å². The summed E-state index contributed by atoms with van der Waals surface area (Å²) >= 11 is 0. The van der Waals surface area contributed by atoms with Gasteiger partial charge in [0.25, 0.3) is 5.69 Å². The molecular formula is C11H15N2O4+. The third kappa shape index (κ3) is 3.25. The molecule has 0 aliphatic carbocycles. The van der Waals surface area contributed by atoms with Crippen LogP contribution in [-0.2, 0) is 9.53 Å². The zero-order valence-electron chi connectivity index (χ0n) is 9.80. The average molecular weight is 239 g/mol. The molecule has 0 aliphatic heterocycles. The number of quaternary nitrogens is 1. The molecule has 92 valence electrons. The van der Waals surface area contributed by atoms with Gasteiger partial charge in [-0.1, -0.05) is 6.07 Å². The van der Waals surface area contributed by atoms with E-state index in [1.807, 2.05) is 6.92 Å². The number of hydrogen-bond donors (Lipinski definition) is 1. The quantitative estimate of drug-likeness (QED) is 0.476. The number of nitro groups is 1. The highest BCUT2D eigenvalue weighted by Crippen LogP contribution is 2.22. The summed E-state index contributed by atoms with van der Waals surface area (Å²) in [4.78, 5) is 21.3. The Morgan fingerprint density at radius 1 is 1.59 bits per heavy atom. The van der Waals surface area contributed by atoms with Gasteiger partial charge in [0.05, 0.1) is 12.0 Å². The number of aryl methyl sites for hydroxylation is 1. The number of benzene rings is 1. The molecule has 0 amide bonds. The third-order valence-corrected chi connectivity index (χ3v) is 2.55. The Labute approximate surface area is 98.5 Å². The maximum Gasteiger partial charge on any atom is 0.311 e. The van der Waals surface area contributed by atoms with Crippen LogP contribution >= 0.6 is 0 Å². The molecule has 6 heteroatoms. The van der Waals surface area contributed by atoms with Crippen LogP contribution in [0.3, 0.4) is 0 Å². The lowest BCUT2D eigenvalue weighted by Crippen LogP contribution is -2.54. The van der Waals surface area contributed by atoms with Crippen molar-refractivity contribution in [2.24, 2.45) is 0 Å². The largest absolute Gasteiger partial charge is 0.469 e. The van der Waals surface area contributed by atoms with E-state index in [1.54, 1.807) is 6.07 Å². The second kappa shape index (κ2) is 5.40. The number of hydrogen-bond acceptors (Lipinski definition) is 4. The number of carbonyl (C=O) groups excluding carboxylic acids is 1. The van der Waals surface area contributed by atoms with Crippen molar-refractivity contribution in [2.45, 2.75) is 19.4 Å². The van der Waals surface area contributed by atoms with Gasteiger partial charge < -0.3 is 10.5 Å². The van der Waals surface area contributed by atoms with Crippen LogP contribution in [0.15, 0.2) is 18.2 Å². The van der Waals surface area contributed by atoms with E-state index in [0.29, 0.717) is 5.56 Å². The Hall–Kier alpha value is -1.95. The Balaban J connectivity index is 2.99. The maximum atomic E-state index is 11.1. The van der Waals surface area contributed by atoms with Gasteiger partial charge >= 0.3 is 5.97 Å². The first kappa shape index (κ1) is 13.1. The predicted octanol–water partition coefficient (Wildman–Crippen LogP) is 0.749. The van der Waals surface area contributed by atoms with Gasteiger partial charge in [-0.15, -0.1) is 0 Å². The molecule has 0 aromatic heterocycles. The summed E-state index contributed by atoms with van der Waals surface area (Å²) in [5.74, 6) is -0.379. The van der Waals surface area contributed by atoms with Crippen molar-refractivity contribution in [2.75, 3.05) is 7.11 Å². The summed E-state index contributed by atoms with van der Waals surface area (Å²) < 4.78 is 4.55. The SMILES string of the molecule is COC(=O)CC([NH3+])c1cc([N+](=O)[O-])ccc1C. The van der Waals surface area contributed by atoms with Gasteiger partial charge in [-0.05, 0) is 12.5 Å². The average Bonchev–Trinajstić information content (AvgIpc) is 2.28. The molecule has 0 spiro atoms. The van der Waals surface area contributed by atoms with E-state index >= 15 is 0 Å². The van der Waals surface area contributed by atoms with Crippen molar-refractivity contribution in [1.82, 2.24) is 0 Å². The number of nitrogens with zero attached hydrogens (tertiary/aromatic N) is 1. The Morgan fingerprint density at radius 2 is 2.24 bits per heavy atom. The predicted molar refractivity (Wildman–Crippen MR) is 60.1 cm³/mol. The number of methoxy groups -OCH3 is 1. The normalized spacial score (nSPS) is 11.9. The van der Waals surface area contributed by atoms with Crippen molar-refractivity contribution in [3.63, 3.8) is 0 Å². The van der Waals surface area contributed by atoms with E-state index in [4.69, 9.17) is 0 Å². The minimum atomic E-state index is -0.464. The molecule has 0 bridgehead atoms. The fourth-order valence-corrected chi connectivity index (χ4v) is 1.58. The first-order valence-electron chi connectivity index (χ1n) is 5.10. The summed E-state index contributed by atoms with van der Waals surface area (Å²) in [6.45, 7) is 1.83. The summed E-state index contributed by atoms with van der Waals surface area (Å²) in [5.41, 5.74) is 5.41. The summed E-state index contributed by atoms with van der Waals surface area (Å²) in [5, 5.41) is 10.7. The smallest absolute Gasteiger partial charge is 0.311 e. The second-order valence-electron chi connectivity index (χ2n) is 3.78. The number of esters is 1. The lowest BCUT2D eigenvalue weighted by molar-refractivity contribution is -0.426. The molecule has 0 saturated carbocycles. The first-order chi connectivity index (χ1) is 7.95. The Morgan fingerprint density at radius 3 is 2.76 bits per heavy atom. The van der Waals surface area contributed by atoms with Gasteiger partial charge in [-0.3, -0.25) is 14.9 Å². The highest BCUT2D eigenvalue weighted by molar-refractivity contribution is 5.70. The second-order valence-corrected chi connectivity index (χ2v) is 3.78. The molecule has 1 aromatic rings. The molecular weight excluding hydrogens is 224 g/mol. The van der Waals surface area contributed by atoms with E-state index in [0.717, 1.165) is 5.56 Å². The number of rotatable bonds is 4. The fraction of sp³-hybridized carbons (Fsp3) is 0.364. The Kier molecular flexibility index (Phi) is 4.17. The van der Waals surface area contributed by atoms with Crippen LogP contribution < -0.4 is 5.73 Å². The van der Waals surface area contributed by atoms with E-state index in [2.05, 4.69) is 10.5 Å². The summed E-state index contributed by atoms with van der Waals surface area (Å²) in [6.07, 6.45) is 0.110. The van der Waals surface area contributed by atoms with Crippen LogP contribution in [-0.4, -0.2) is 18.0 Å². The van der Waals surface area contributed by atoms with E-state index in [9.17, 15) is 14.9 Å². The number of ether oxygens (including phenoxy) is 1. The number of carbonyl (C=O) groups is 1. The molecule has 0 radical (unpaired) electrons. The van der Waals surface area contributed by atoms with Crippen molar-refractivity contribution in [3.05, 3.63) is 39.4 Å². The highest BCUT2D eigenvalue weighted by atomic mass is 16.6. The van der Waals surface area contributed by atoms with Crippen LogP contribution in [0.4, 0.5) is 5.69 Å². The standard InChI is InChI=1S/C11H14N2O4/c1-7-3-4-8(13(15)16)5-9(7)10(12)6-11(14)17-2/h3-5,10H,6,12H2,1-2H3/p+1. The van der Waals surface area contributed by atoms with Crippen molar-refractivity contribution >= 4 is 11.7 Å². The van der Waals surface area contributed by atoms with Gasteiger partial charge in [0.2, 0.25) is 0 Å². The molecule has 1 rings (SSSR count). The monoisotopic (exact) mass is 239 g/mol. The lowest BCUT2D eigenvalue weighted by atomic mass is 9.99. The lowest BCUT2D eigenvalue weighted by Gasteiger charge is -2.10. The highest BCUT2D eigenvalue weighted by Gasteiger charge is 2.20. The van der Waals surface area contributed by atoms with Crippen LogP contribution in [0.2, 0.25) is 0 Å². The molecule has 17 heavy (non-hydrogen) atoms. The van der Waals surface area contributed by atoms with E-state index in [1.165, 1.54) is 19.2 Å². The number of nitro benzene ring substituents is 1. The van der Waals surface area contributed by atoms with E-state index < -0.39 is 4.92 Å². The zero-order valence-corrected chi connectivity index (χ0v) is 9.80. The molecule has 1 unspecified atom stereocenters. The zero-order chi connectivity index (χ0) is 13.0. The van der Waals surface area contributed by atoms with Crippen LogP contribution in [0.1, 0.15) is 23.6 Å². The third-order valence-electron chi connectivity index (χ3n) is 2.55. The maximum absolute atomic E-state index is 11.1. The Bertz CT molecular complexity index is 445. The van der Waals surface area contributed by atoms with E-state index in [-0.39, 0.29) is 24.1 Å². The first-order valence-corrected chi connectivity index (χ1v) is 5.10. The molecule has 3 N–H and O–H groups in total. The van der Waals surface area contributed by atoms with Crippen molar-refractivity contribution < 1.29 is 20.2 Å². The minimum absolute atomic E-state index is 0.00381. The van der Waals surface area contributed by atoms with Crippen molar-refractivity contribution in [3.8, 4) is 0 Å². The molecule has 0 fully saturated rings. The van der Waals surface area contributed by atoms with Crippen LogP contribution in [0.5, 0.6) is 0 Å². The molecule has 1 aromatic carbocycles. The fourth-order valence-electron chi connectivity index (χ4n) is 1.58. The van der Waals surface area contributed by atoms with Gasteiger partial charge in [0.1, 0.15) is 12.5 Å². The van der Waals surface area contributed by atoms with Gasteiger partial charge in [0, 0.05) is 17.7 Å². The van der Waals surface area contributed by atoms with Gasteiger partial charge in [-0.25, -0.2) is 0 Å². The van der Waals surface area contributed by atoms with Crippen molar-refractivity contribution in [1.29, 1.82) is 0 Å². The van der Waals surface area contributed by atoms with Crippen LogP contribution in [0, 0.1) is 17.0 Å². The van der Waals surface area contributed by atoms with Gasteiger partial charge in [0.15, 0.2) is 0 Å². The molecule has 0 saturated heterocycles. The van der Waals surface area contributed by atoms with Gasteiger partial charge in [-0.2, -0.15) is 0 Å². The molecule has 6 nitrogen and oxygen atoms in total. The molecule has 0 heterocycles.